The Bertz CT molecular complexity index is 917. The Morgan fingerprint density at radius 3 is 2.33 bits per heavy atom. The third-order valence-corrected chi connectivity index (χ3v) is 6.95. The minimum atomic E-state index is -0.469. The van der Waals surface area contributed by atoms with Gasteiger partial charge in [-0.1, -0.05) is 24.3 Å². The fraction of sp³-hybridized carbons (Fsp3) is 0.500. The second kappa shape index (κ2) is 10.5. The molecule has 2 fully saturated rings. The largest absolute Gasteiger partial charge is 0.460 e. The molecule has 8 nitrogen and oxygen atoms in total. The van der Waals surface area contributed by atoms with Crippen molar-refractivity contribution in [1.82, 2.24) is 10.2 Å². The van der Waals surface area contributed by atoms with Crippen LogP contribution in [0.4, 0.5) is 0 Å². The maximum absolute atomic E-state index is 12.8. The summed E-state index contributed by atoms with van der Waals surface area (Å²) in [5, 5.41) is 2.72. The van der Waals surface area contributed by atoms with E-state index in [0.29, 0.717) is 24.5 Å². The van der Waals surface area contributed by atoms with E-state index in [9.17, 15) is 19.2 Å². The molecule has 33 heavy (non-hydrogen) atoms. The van der Waals surface area contributed by atoms with Crippen molar-refractivity contribution in [2.75, 3.05) is 38.4 Å². The number of nitrogens with one attached hydrogen (secondary N) is 1. The van der Waals surface area contributed by atoms with E-state index < -0.39 is 5.97 Å². The van der Waals surface area contributed by atoms with Crippen LogP contribution in [0.25, 0.3) is 0 Å². The molecular formula is C24H28N2O6S. The molecule has 0 radical (unpaired) electrons. The van der Waals surface area contributed by atoms with Gasteiger partial charge in [0.15, 0.2) is 0 Å². The topological polar surface area (TPSA) is 102 Å². The number of fused-ring (bicyclic) bond motifs is 5. The van der Waals surface area contributed by atoms with Crippen LogP contribution in [0.2, 0.25) is 0 Å². The van der Waals surface area contributed by atoms with Crippen molar-refractivity contribution >= 4 is 35.5 Å². The highest BCUT2D eigenvalue weighted by Crippen LogP contribution is 2.52. The summed E-state index contributed by atoms with van der Waals surface area (Å²) in [5.74, 6) is -0.242. The molecule has 1 saturated carbocycles. The van der Waals surface area contributed by atoms with Gasteiger partial charge in [-0.25, -0.2) is 4.79 Å². The molecule has 176 valence electrons. The Morgan fingerprint density at radius 1 is 1.03 bits per heavy atom. The van der Waals surface area contributed by atoms with Gasteiger partial charge in [0.25, 0.3) is 0 Å². The van der Waals surface area contributed by atoms with E-state index in [4.69, 9.17) is 9.47 Å². The van der Waals surface area contributed by atoms with Crippen molar-refractivity contribution in [2.24, 2.45) is 23.7 Å². The zero-order valence-electron chi connectivity index (χ0n) is 18.5. The number of thioether (sulfide) groups is 1. The highest BCUT2D eigenvalue weighted by atomic mass is 32.2. The van der Waals surface area contributed by atoms with Gasteiger partial charge in [-0.3, -0.25) is 19.3 Å². The first-order chi connectivity index (χ1) is 16.0. The van der Waals surface area contributed by atoms with Crippen LogP contribution in [-0.4, -0.2) is 67.0 Å². The summed E-state index contributed by atoms with van der Waals surface area (Å²) in [6.07, 6.45) is 6.93. The number of hydrogen-bond acceptors (Lipinski definition) is 7. The van der Waals surface area contributed by atoms with Crippen LogP contribution in [-0.2, 0) is 30.4 Å². The van der Waals surface area contributed by atoms with Crippen LogP contribution in [0.3, 0.4) is 0 Å². The molecule has 4 rings (SSSR count). The highest BCUT2D eigenvalue weighted by Gasteiger charge is 2.59. The Hall–Kier alpha value is -2.65. The van der Waals surface area contributed by atoms with Gasteiger partial charge in [0.1, 0.15) is 6.61 Å². The summed E-state index contributed by atoms with van der Waals surface area (Å²) in [6, 6.07) is 6.76. The normalized spacial score (nSPS) is 24.9. The number of likely N-dealkylation sites (tertiary alicyclic amines) is 1. The first kappa shape index (κ1) is 23.5. The summed E-state index contributed by atoms with van der Waals surface area (Å²) >= 11 is 1.45. The first-order valence-electron chi connectivity index (χ1n) is 11.1. The number of carbonyl (C=O) groups is 4. The van der Waals surface area contributed by atoms with Crippen molar-refractivity contribution in [3.63, 3.8) is 0 Å². The summed E-state index contributed by atoms with van der Waals surface area (Å²) in [6.45, 7) is 1.33. The molecule has 4 unspecified atom stereocenters. The van der Waals surface area contributed by atoms with Gasteiger partial charge in [0, 0.05) is 6.54 Å². The first-order valence-corrected chi connectivity index (χ1v) is 12.5. The monoisotopic (exact) mass is 472 g/mol. The van der Waals surface area contributed by atoms with Gasteiger partial charge in [0.2, 0.25) is 17.7 Å². The van der Waals surface area contributed by atoms with Gasteiger partial charge in [-0.15, -0.1) is 0 Å². The van der Waals surface area contributed by atoms with Gasteiger partial charge < -0.3 is 14.8 Å². The molecule has 1 aromatic carbocycles. The lowest BCUT2D eigenvalue weighted by atomic mass is 9.85. The molecular weight excluding hydrogens is 444 g/mol. The summed E-state index contributed by atoms with van der Waals surface area (Å²) in [4.78, 5) is 50.5. The van der Waals surface area contributed by atoms with Crippen molar-refractivity contribution in [1.29, 1.82) is 0 Å². The van der Waals surface area contributed by atoms with Crippen molar-refractivity contribution in [3.8, 4) is 0 Å². The molecule has 1 aliphatic heterocycles. The van der Waals surface area contributed by atoms with Crippen LogP contribution in [0.5, 0.6) is 0 Å². The Balaban J connectivity index is 1.18. The Kier molecular flexibility index (Phi) is 7.49. The molecule has 3 amide bonds. The van der Waals surface area contributed by atoms with Crippen molar-refractivity contribution in [2.45, 2.75) is 13.0 Å². The lowest BCUT2D eigenvalue weighted by molar-refractivity contribution is -0.141. The van der Waals surface area contributed by atoms with E-state index in [1.165, 1.54) is 16.7 Å². The molecule has 1 saturated heterocycles. The zero-order chi connectivity index (χ0) is 23.4. The zero-order valence-corrected chi connectivity index (χ0v) is 19.3. The standard InChI is InChI=1S/C24H28N2O6S/c1-33-14-19(27)25-8-9-31-10-11-32-24(30)16-4-2-15(3-5-16)13-26-22(28)20-17-6-7-18(12-17)21(20)23(26)29/h2-7,17-18,20-21H,8-14H2,1H3,(H,25,27). The number of benzene rings is 1. The molecule has 0 aromatic heterocycles. The number of rotatable bonds is 11. The number of carbonyl (C=O) groups excluding carboxylic acids is 4. The molecule has 3 aliphatic rings. The number of ether oxygens (including phenoxy) is 2. The van der Waals surface area contributed by atoms with E-state index in [1.807, 2.05) is 6.26 Å². The maximum atomic E-state index is 12.8. The van der Waals surface area contributed by atoms with Crippen molar-refractivity contribution in [3.05, 3.63) is 47.5 Å². The van der Waals surface area contributed by atoms with E-state index in [-0.39, 0.29) is 61.2 Å². The van der Waals surface area contributed by atoms with Crippen LogP contribution < -0.4 is 5.32 Å². The number of imide groups is 1. The average Bonchev–Trinajstić information content (AvgIpc) is 3.49. The lowest BCUT2D eigenvalue weighted by Crippen LogP contribution is -2.32. The van der Waals surface area contributed by atoms with Crippen LogP contribution in [0, 0.1) is 23.7 Å². The van der Waals surface area contributed by atoms with Crippen LogP contribution >= 0.6 is 11.8 Å². The number of allylic oxidation sites excluding steroid dienone is 2. The highest BCUT2D eigenvalue weighted by molar-refractivity contribution is 7.99. The third-order valence-electron chi connectivity index (χ3n) is 6.40. The van der Waals surface area contributed by atoms with E-state index in [2.05, 4.69) is 17.5 Å². The lowest BCUT2D eigenvalue weighted by Gasteiger charge is -2.17. The molecule has 0 spiro atoms. The van der Waals surface area contributed by atoms with Crippen LogP contribution in [0.15, 0.2) is 36.4 Å². The predicted molar refractivity (Wildman–Crippen MR) is 122 cm³/mol. The minimum absolute atomic E-state index is 0.0357. The number of esters is 1. The smallest absolute Gasteiger partial charge is 0.338 e. The summed E-state index contributed by atoms with van der Waals surface area (Å²) in [5.41, 5.74) is 1.18. The number of nitrogens with zero attached hydrogens (tertiary/aromatic N) is 1. The van der Waals surface area contributed by atoms with Gasteiger partial charge >= 0.3 is 5.97 Å². The molecule has 1 heterocycles. The number of hydrogen-bond donors (Lipinski definition) is 1. The van der Waals surface area contributed by atoms with Gasteiger partial charge in [-0.05, 0) is 42.2 Å². The van der Waals surface area contributed by atoms with Crippen LogP contribution in [0.1, 0.15) is 22.3 Å². The second-order valence-electron chi connectivity index (χ2n) is 8.49. The Morgan fingerprint density at radius 2 is 1.70 bits per heavy atom. The maximum Gasteiger partial charge on any atom is 0.338 e. The Labute approximate surface area is 197 Å². The number of amides is 3. The van der Waals surface area contributed by atoms with E-state index in [0.717, 1.165) is 12.0 Å². The quantitative estimate of drug-likeness (QED) is 0.226. The van der Waals surface area contributed by atoms with Crippen molar-refractivity contribution < 1.29 is 28.7 Å². The van der Waals surface area contributed by atoms with Gasteiger partial charge in [-0.2, -0.15) is 11.8 Å². The molecule has 2 bridgehead atoms. The fourth-order valence-electron chi connectivity index (χ4n) is 4.87. The summed E-state index contributed by atoms with van der Waals surface area (Å²) < 4.78 is 10.5. The molecule has 1 aromatic rings. The minimum Gasteiger partial charge on any atom is -0.460 e. The van der Waals surface area contributed by atoms with E-state index >= 15 is 0 Å². The third kappa shape index (κ3) is 5.14. The SMILES string of the molecule is CSCC(=O)NCCOCCOC(=O)c1ccc(CN2C(=O)C3C4C=CC(C4)C3C2=O)cc1. The molecule has 1 N–H and O–H groups in total. The summed E-state index contributed by atoms with van der Waals surface area (Å²) in [7, 11) is 0. The van der Waals surface area contributed by atoms with E-state index in [1.54, 1.807) is 24.3 Å². The van der Waals surface area contributed by atoms with Gasteiger partial charge in [0.05, 0.1) is 42.9 Å². The average molecular weight is 473 g/mol. The molecule has 2 aliphatic carbocycles. The predicted octanol–water partition coefficient (Wildman–Crippen LogP) is 1.65. The second-order valence-corrected chi connectivity index (χ2v) is 9.36. The fourth-order valence-corrected chi connectivity index (χ4v) is 5.24. The molecule has 9 heteroatoms. The molecule has 4 atom stereocenters.